The number of anilines is 1. The van der Waals surface area contributed by atoms with E-state index in [1.54, 1.807) is 23.2 Å². The van der Waals surface area contributed by atoms with Crippen molar-refractivity contribution in [2.24, 2.45) is 0 Å². The third-order valence-electron chi connectivity index (χ3n) is 3.94. The monoisotopic (exact) mass is 365 g/mol. The van der Waals surface area contributed by atoms with Crippen molar-refractivity contribution < 1.29 is 9.90 Å². The Morgan fingerprint density at radius 1 is 1.19 bits per heavy atom. The molecule has 1 aromatic carbocycles. The third-order valence-corrected chi connectivity index (χ3v) is 4.84. The summed E-state index contributed by atoms with van der Waals surface area (Å²) in [6.45, 7) is 0. The smallest absolute Gasteiger partial charge is 0.352 e. The van der Waals surface area contributed by atoms with E-state index < -0.39 is 5.97 Å². The molecule has 2 N–H and O–H groups in total. The van der Waals surface area contributed by atoms with Crippen LogP contribution in [0.2, 0.25) is 0 Å². The number of hydrogen-bond acceptors (Lipinski definition) is 6. The number of rotatable bonds is 5. The van der Waals surface area contributed by atoms with Crippen LogP contribution >= 0.6 is 11.8 Å². The molecule has 3 aromatic rings. The maximum atomic E-state index is 11.5. The molecule has 0 radical (unpaired) electrons. The van der Waals surface area contributed by atoms with Crippen LogP contribution in [0.1, 0.15) is 17.2 Å². The average molecular weight is 365 g/mol. The first-order valence-electron chi connectivity index (χ1n) is 7.96. The standard InChI is InChI=1S/C18H15N5O2S/c24-16(25)14-10-15(13-6-8-19-9-7-13)23-17(20-14)21-18(22-23)26-11-12-4-2-1-3-5-12/h1-10,15H,11H2,(H,24,25)(H,20,21,22)/t15-/m1/s1. The Bertz CT molecular complexity index is 956. The van der Waals surface area contributed by atoms with Gasteiger partial charge in [0.25, 0.3) is 0 Å². The first-order valence-corrected chi connectivity index (χ1v) is 8.94. The summed E-state index contributed by atoms with van der Waals surface area (Å²) in [5, 5.41) is 17.4. The van der Waals surface area contributed by atoms with E-state index in [2.05, 4.69) is 20.4 Å². The van der Waals surface area contributed by atoms with Crippen molar-refractivity contribution in [2.45, 2.75) is 17.0 Å². The molecule has 0 unspecified atom stereocenters. The summed E-state index contributed by atoms with van der Waals surface area (Å²) >= 11 is 1.51. The van der Waals surface area contributed by atoms with Gasteiger partial charge in [-0.1, -0.05) is 42.1 Å². The van der Waals surface area contributed by atoms with Crippen molar-refractivity contribution in [3.63, 3.8) is 0 Å². The van der Waals surface area contributed by atoms with Crippen molar-refractivity contribution in [2.75, 3.05) is 5.32 Å². The van der Waals surface area contributed by atoms with Crippen LogP contribution in [0.3, 0.4) is 0 Å². The molecule has 8 heteroatoms. The lowest BCUT2D eigenvalue weighted by Crippen LogP contribution is -2.24. The Kier molecular flexibility index (Phi) is 4.40. The Labute approximate surface area is 153 Å². The summed E-state index contributed by atoms with van der Waals surface area (Å²) in [6, 6.07) is 13.4. The quantitative estimate of drug-likeness (QED) is 0.672. The fourth-order valence-electron chi connectivity index (χ4n) is 2.68. The second kappa shape index (κ2) is 7.01. The van der Waals surface area contributed by atoms with Crippen molar-refractivity contribution in [1.82, 2.24) is 19.7 Å². The zero-order valence-corrected chi connectivity index (χ0v) is 14.4. The number of aliphatic carboxylic acids is 1. The number of pyridine rings is 1. The SMILES string of the molecule is O=C(O)C1=C[C@H](c2ccncc2)n2nc(SCc3ccccc3)nc2N1. The highest BCUT2D eigenvalue weighted by Gasteiger charge is 2.27. The number of carbonyl (C=O) groups is 1. The molecule has 0 fully saturated rings. The van der Waals surface area contributed by atoms with E-state index in [9.17, 15) is 9.90 Å². The molecular weight excluding hydrogens is 350 g/mol. The largest absolute Gasteiger partial charge is 0.477 e. The molecular formula is C18H15N5O2S. The van der Waals surface area contributed by atoms with E-state index >= 15 is 0 Å². The maximum absolute atomic E-state index is 11.5. The summed E-state index contributed by atoms with van der Waals surface area (Å²) in [5.41, 5.74) is 2.16. The number of nitrogens with one attached hydrogen (secondary N) is 1. The van der Waals surface area contributed by atoms with E-state index in [0.29, 0.717) is 11.1 Å². The molecule has 130 valence electrons. The van der Waals surface area contributed by atoms with Crippen molar-refractivity contribution >= 4 is 23.7 Å². The van der Waals surface area contributed by atoms with Crippen LogP contribution < -0.4 is 5.32 Å². The maximum Gasteiger partial charge on any atom is 0.352 e. The molecule has 0 spiro atoms. The van der Waals surface area contributed by atoms with Crippen molar-refractivity contribution in [3.05, 3.63) is 77.8 Å². The number of allylic oxidation sites excluding steroid dienone is 1. The van der Waals surface area contributed by atoms with Gasteiger partial charge in [-0.25, -0.2) is 9.48 Å². The van der Waals surface area contributed by atoms with Gasteiger partial charge in [0.15, 0.2) is 0 Å². The molecule has 2 aromatic heterocycles. The number of hydrogen-bond donors (Lipinski definition) is 2. The lowest BCUT2D eigenvalue weighted by molar-refractivity contribution is -0.132. The van der Waals surface area contributed by atoms with Gasteiger partial charge in [-0.3, -0.25) is 4.98 Å². The molecule has 3 heterocycles. The molecule has 26 heavy (non-hydrogen) atoms. The molecule has 0 saturated heterocycles. The van der Waals surface area contributed by atoms with Gasteiger partial charge in [-0.05, 0) is 29.3 Å². The van der Waals surface area contributed by atoms with Gasteiger partial charge in [0.1, 0.15) is 11.7 Å². The third kappa shape index (κ3) is 3.31. The predicted molar refractivity (Wildman–Crippen MR) is 97.7 cm³/mol. The highest BCUT2D eigenvalue weighted by molar-refractivity contribution is 7.98. The molecule has 0 bridgehead atoms. The highest BCUT2D eigenvalue weighted by atomic mass is 32.2. The molecule has 1 aliphatic heterocycles. The number of carboxylic acid groups (broad SMARTS) is 1. The van der Waals surface area contributed by atoms with Crippen LogP contribution in [0.15, 0.2) is 71.8 Å². The topological polar surface area (TPSA) is 92.9 Å². The lowest BCUT2D eigenvalue weighted by Gasteiger charge is -2.22. The van der Waals surface area contributed by atoms with Gasteiger partial charge in [0.2, 0.25) is 11.1 Å². The van der Waals surface area contributed by atoms with Gasteiger partial charge >= 0.3 is 5.97 Å². The Hall–Kier alpha value is -3.13. The Morgan fingerprint density at radius 2 is 1.96 bits per heavy atom. The Morgan fingerprint density at radius 3 is 2.69 bits per heavy atom. The zero-order chi connectivity index (χ0) is 17.9. The van der Waals surface area contributed by atoms with E-state index in [-0.39, 0.29) is 11.7 Å². The van der Waals surface area contributed by atoms with Gasteiger partial charge < -0.3 is 10.4 Å². The number of benzene rings is 1. The molecule has 4 rings (SSSR count). The van der Waals surface area contributed by atoms with Crippen molar-refractivity contribution in [3.8, 4) is 0 Å². The summed E-state index contributed by atoms with van der Waals surface area (Å²) in [4.78, 5) is 19.9. The second-order valence-electron chi connectivity index (χ2n) is 5.67. The van der Waals surface area contributed by atoms with Crippen LogP contribution in [-0.2, 0) is 10.5 Å². The minimum Gasteiger partial charge on any atom is -0.477 e. The minimum absolute atomic E-state index is 0.0892. The van der Waals surface area contributed by atoms with Gasteiger partial charge in [0, 0.05) is 18.1 Å². The summed E-state index contributed by atoms with van der Waals surface area (Å²) < 4.78 is 1.70. The molecule has 0 amide bonds. The second-order valence-corrected chi connectivity index (χ2v) is 6.62. The molecule has 0 saturated carbocycles. The average Bonchev–Trinajstić information content (AvgIpc) is 3.10. The number of fused-ring (bicyclic) bond motifs is 1. The molecule has 7 nitrogen and oxygen atoms in total. The van der Waals surface area contributed by atoms with E-state index in [1.807, 2.05) is 42.5 Å². The summed E-state index contributed by atoms with van der Waals surface area (Å²) in [6.07, 6.45) is 4.98. The van der Waals surface area contributed by atoms with E-state index in [0.717, 1.165) is 11.3 Å². The molecule has 1 atom stereocenters. The number of carboxylic acids is 1. The van der Waals surface area contributed by atoms with Gasteiger partial charge in [-0.15, -0.1) is 5.10 Å². The number of aromatic nitrogens is 4. The normalized spacial score (nSPS) is 15.7. The molecule has 0 aliphatic carbocycles. The lowest BCUT2D eigenvalue weighted by atomic mass is 10.1. The van der Waals surface area contributed by atoms with Crippen LogP contribution in [0.5, 0.6) is 0 Å². The highest BCUT2D eigenvalue weighted by Crippen LogP contribution is 2.31. The van der Waals surface area contributed by atoms with Crippen LogP contribution in [-0.4, -0.2) is 30.8 Å². The summed E-state index contributed by atoms with van der Waals surface area (Å²) in [5.74, 6) is 0.128. The number of nitrogens with zero attached hydrogens (tertiary/aromatic N) is 4. The van der Waals surface area contributed by atoms with Gasteiger partial charge in [-0.2, -0.15) is 4.98 Å². The van der Waals surface area contributed by atoms with Crippen LogP contribution in [0.4, 0.5) is 5.95 Å². The van der Waals surface area contributed by atoms with Crippen LogP contribution in [0.25, 0.3) is 0 Å². The minimum atomic E-state index is -1.03. The first kappa shape index (κ1) is 16.3. The van der Waals surface area contributed by atoms with Crippen molar-refractivity contribution in [1.29, 1.82) is 0 Å². The fourth-order valence-corrected chi connectivity index (χ4v) is 3.46. The Balaban J connectivity index is 1.63. The number of thioether (sulfide) groups is 1. The fraction of sp³-hybridized carbons (Fsp3) is 0.111. The van der Waals surface area contributed by atoms with E-state index in [4.69, 9.17) is 0 Å². The predicted octanol–water partition coefficient (Wildman–Crippen LogP) is 2.95. The summed E-state index contributed by atoms with van der Waals surface area (Å²) in [7, 11) is 0. The van der Waals surface area contributed by atoms with Crippen LogP contribution in [0, 0.1) is 0 Å². The first-order chi connectivity index (χ1) is 12.7. The zero-order valence-electron chi connectivity index (χ0n) is 13.6. The van der Waals surface area contributed by atoms with E-state index in [1.165, 1.54) is 17.3 Å². The molecule has 1 aliphatic rings. The van der Waals surface area contributed by atoms with Gasteiger partial charge in [0.05, 0.1) is 0 Å².